The molecule has 1 aromatic heterocycles. The van der Waals surface area contributed by atoms with Gasteiger partial charge in [0.25, 0.3) is 0 Å². The number of anilines is 1. The summed E-state index contributed by atoms with van der Waals surface area (Å²) in [6.07, 6.45) is 0.877. The third kappa shape index (κ3) is 1.74. The normalized spacial score (nSPS) is 10.1. The SMILES string of the molecule is CCc1cc(B(O)O)c(N)s1. The fourth-order valence-corrected chi connectivity index (χ4v) is 1.75. The molecule has 1 aromatic rings. The summed E-state index contributed by atoms with van der Waals surface area (Å²) in [5.74, 6) is 0. The van der Waals surface area contributed by atoms with E-state index >= 15 is 0 Å². The third-order valence-corrected chi connectivity index (χ3v) is 2.59. The molecule has 0 aliphatic carbocycles. The first-order valence-corrected chi connectivity index (χ1v) is 4.21. The minimum Gasteiger partial charge on any atom is -0.423 e. The summed E-state index contributed by atoms with van der Waals surface area (Å²) in [5.41, 5.74) is 5.94. The number of aryl methyl sites for hydroxylation is 1. The molecule has 0 atom stereocenters. The average molecular weight is 171 g/mol. The van der Waals surface area contributed by atoms with E-state index in [9.17, 15) is 0 Å². The van der Waals surface area contributed by atoms with Gasteiger partial charge in [0.2, 0.25) is 0 Å². The molecule has 0 bridgehead atoms. The topological polar surface area (TPSA) is 66.5 Å². The first-order chi connectivity index (χ1) is 5.15. The molecule has 60 valence electrons. The van der Waals surface area contributed by atoms with Crippen molar-refractivity contribution in [2.45, 2.75) is 13.3 Å². The van der Waals surface area contributed by atoms with Crippen LogP contribution in [0.4, 0.5) is 5.00 Å². The highest BCUT2D eigenvalue weighted by Crippen LogP contribution is 2.16. The predicted molar refractivity (Wildman–Crippen MR) is 47.9 cm³/mol. The van der Waals surface area contributed by atoms with Gasteiger partial charge >= 0.3 is 7.12 Å². The maximum Gasteiger partial charge on any atom is 0.491 e. The van der Waals surface area contributed by atoms with Crippen molar-refractivity contribution in [2.75, 3.05) is 5.73 Å². The Bertz CT molecular complexity index is 249. The molecule has 0 saturated carbocycles. The maximum atomic E-state index is 8.80. The van der Waals surface area contributed by atoms with Crippen LogP contribution in [0.5, 0.6) is 0 Å². The highest BCUT2D eigenvalue weighted by atomic mass is 32.1. The van der Waals surface area contributed by atoms with Gasteiger partial charge in [-0.3, -0.25) is 0 Å². The predicted octanol–water partition coefficient (Wildman–Crippen LogP) is -0.428. The molecule has 3 nitrogen and oxygen atoms in total. The van der Waals surface area contributed by atoms with E-state index in [0.29, 0.717) is 10.5 Å². The molecule has 0 aliphatic rings. The van der Waals surface area contributed by atoms with Gasteiger partial charge in [-0.1, -0.05) is 6.92 Å². The van der Waals surface area contributed by atoms with Gasteiger partial charge in [-0.15, -0.1) is 11.3 Å². The van der Waals surface area contributed by atoms with E-state index < -0.39 is 7.12 Å². The Kier molecular flexibility index (Phi) is 2.54. The van der Waals surface area contributed by atoms with E-state index in [-0.39, 0.29) is 0 Å². The Morgan fingerprint density at radius 1 is 1.64 bits per heavy atom. The van der Waals surface area contributed by atoms with Crippen molar-refractivity contribution in [1.29, 1.82) is 0 Å². The van der Waals surface area contributed by atoms with Crippen molar-refractivity contribution in [2.24, 2.45) is 0 Å². The largest absolute Gasteiger partial charge is 0.491 e. The average Bonchev–Trinajstić information content (AvgIpc) is 2.30. The van der Waals surface area contributed by atoms with Gasteiger partial charge in [0.1, 0.15) is 0 Å². The van der Waals surface area contributed by atoms with Gasteiger partial charge in [0.05, 0.1) is 5.00 Å². The minimum atomic E-state index is -1.44. The van der Waals surface area contributed by atoms with E-state index in [4.69, 9.17) is 15.8 Å². The lowest BCUT2D eigenvalue weighted by Gasteiger charge is -1.93. The second-order valence-electron chi connectivity index (χ2n) is 2.26. The molecule has 1 rings (SSSR count). The summed E-state index contributed by atoms with van der Waals surface area (Å²) in [7, 11) is -1.44. The maximum absolute atomic E-state index is 8.80. The molecule has 0 spiro atoms. The number of rotatable bonds is 2. The zero-order valence-corrected chi connectivity index (χ0v) is 7.06. The minimum absolute atomic E-state index is 0.423. The zero-order valence-electron chi connectivity index (χ0n) is 6.24. The van der Waals surface area contributed by atoms with Gasteiger partial charge in [0, 0.05) is 10.3 Å². The molecule has 0 radical (unpaired) electrons. The Hall–Kier alpha value is -0.515. The summed E-state index contributed by atoms with van der Waals surface area (Å²) in [6.45, 7) is 2.00. The molecule has 0 fully saturated rings. The molecular weight excluding hydrogens is 161 g/mol. The fraction of sp³-hybridized carbons (Fsp3) is 0.333. The van der Waals surface area contributed by atoms with Crippen molar-refractivity contribution in [3.05, 3.63) is 10.9 Å². The van der Waals surface area contributed by atoms with E-state index in [1.807, 2.05) is 6.92 Å². The number of nitrogen functional groups attached to an aromatic ring is 1. The van der Waals surface area contributed by atoms with Gasteiger partial charge in [0.15, 0.2) is 0 Å². The zero-order chi connectivity index (χ0) is 8.43. The summed E-state index contributed by atoms with van der Waals surface area (Å²) in [5, 5.41) is 18.1. The molecule has 1 heterocycles. The molecule has 0 aliphatic heterocycles. The quantitative estimate of drug-likeness (QED) is 0.529. The van der Waals surface area contributed by atoms with Crippen LogP contribution in [0.2, 0.25) is 0 Å². The molecule has 4 N–H and O–H groups in total. The second-order valence-corrected chi connectivity index (χ2v) is 3.43. The molecular formula is C6H10BNO2S. The van der Waals surface area contributed by atoms with Gasteiger partial charge in [-0.25, -0.2) is 0 Å². The van der Waals surface area contributed by atoms with Crippen LogP contribution in [0.15, 0.2) is 6.07 Å². The van der Waals surface area contributed by atoms with Gasteiger partial charge in [-0.2, -0.15) is 0 Å². The Labute approximate surface area is 69.6 Å². The van der Waals surface area contributed by atoms with Crippen LogP contribution in [0.3, 0.4) is 0 Å². The van der Waals surface area contributed by atoms with Crippen molar-refractivity contribution in [3.8, 4) is 0 Å². The smallest absolute Gasteiger partial charge is 0.423 e. The first kappa shape index (κ1) is 8.58. The van der Waals surface area contributed by atoms with Crippen LogP contribution in [-0.4, -0.2) is 17.2 Å². The van der Waals surface area contributed by atoms with Crippen LogP contribution in [-0.2, 0) is 6.42 Å². The fourth-order valence-electron chi connectivity index (χ4n) is 0.850. The van der Waals surface area contributed by atoms with E-state index in [1.165, 1.54) is 11.3 Å². The lowest BCUT2D eigenvalue weighted by atomic mass is 9.81. The van der Waals surface area contributed by atoms with Crippen molar-refractivity contribution in [3.63, 3.8) is 0 Å². The summed E-state index contributed by atoms with van der Waals surface area (Å²) < 4.78 is 0. The molecule has 0 aromatic carbocycles. The number of nitrogens with two attached hydrogens (primary N) is 1. The van der Waals surface area contributed by atoms with Crippen molar-refractivity contribution in [1.82, 2.24) is 0 Å². The lowest BCUT2D eigenvalue weighted by molar-refractivity contribution is 0.426. The lowest BCUT2D eigenvalue weighted by Crippen LogP contribution is -2.30. The molecule has 11 heavy (non-hydrogen) atoms. The van der Waals surface area contributed by atoms with Crippen LogP contribution in [0.25, 0.3) is 0 Å². The van der Waals surface area contributed by atoms with Crippen LogP contribution < -0.4 is 11.2 Å². The Balaban J connectivity index is 2.97. The monoisotopic (exact) mass is 171 g/mol. The standard InChI is InChI=1S/C6H10BNO2S/c1-2-4-3-5(7(9)10)6(8)11-4/h3,9-10H,2,8H2,1H3. The molecule has 5 heteroatoms. The van der Waals surface area contributed by atoms with E-state index in [1.54, 1.807) is 6.07 Å². The third-order valence-electron chi connectivity index (χ3n) is 1.47. The van der Waals surface area contributed by atoms with Crippen LogP contribution in [0, 0.1) is 0 Å². The molecule has 0 unspecified atom stereocenters. The van der Waals surface area contributed by atoms with Gasteiger partial charge < -0.3 is 15.8 Å². The number of hydrogen-bond donors (Lipinski definition) is 3. The molecule has 0 saturated heterocycles. The summed E-state index contributed by atoms with van der Waals surface area (Å²) >= 11 is 1.40. The number of hydrogen-bond acceptors (Lipinski definition) is 4. The molecule has 0 amide bonds. The Morgan fingerprint density at radius 3 is 2.55 bits per heavy atom. The van der Waals surface area contributed by atoms with E-state index in [2.05, 4.69) is 0 Å². The first-order valence-electron chi connectivity index (χ1n) is 3.39. The highest BCUT2D eigenvalue weighted by Gasteiger charge is 2.17. The summed E-state index contributed by atoms with van der Waals surface area (Å²) in [6, 6.07) is 1.73. The van der Waals surface area contributed by atoms with Gasteiger partial charge in [-0.05, 0) is 12.5 Å². The van der Waals surface area contributed by atoms with E-state index in [0.717, 1.165) is 11.3 Å². The summed E-state index contributed by atoms with van der Waals surface area (Å²) in [4.78, 5) is 1.07. The Morgan fingerprint density at radius 2 is 2.27 bits per heavy atom. The van der Waals surface area contributed by atoms with Crippen molar-refractivity contribution >= 4 is 28.9 Å². The second kappa shape index (κ2) is 3.25. The van der Waals surface area contributed by atoms with Crippen LogP contribution >= 0.6 is 11.3 Å². The number of thiophene rings is 1. The highest BCUT2D eigenvalue weighted by molar-refractivity contribution is 7.17. The van der Waals surface area contributed by atoms with Crippen molar-refractivity contribution < 1.29 is 10.0 Å². The van der Waals surface area contributed by atoms with Crippen LogP contribution in [0.1, 0.15) is 11.8 Å².